The van der Waals surface area contributed by atoms with Gasteiger partial charge in [-0.2, -0.15) is 0 Å². The van der Waals surface area contributed by atoms with Crippen LogP contribution in [0.25, 0.3) is 0 Å². The van der Waals surface area contributed by atoms with Gasteiger partial charge in [0.1, 0.15) is 24.5 Å². The fourth-order valence-corrected chi connectivity index (χ4v) is 4.97. The number of hydrogen-bond donors (Lipinski definition) is 4. The van der Waals surface area contributed by atoms with Gasteiger partial charge in [-0.15, -0.1) is 0 Å². The van der Waals surface area contributed by atoms with Crippen LogP contribution in [0.4, 0.5) is 4.39 Å². The summed E-state index contributed by atoms with van der Waals surface area (Å²) >= 11 is 4.97. The van der Waals surface area contributed by atoms with E-state index in [4.69, 9.17) is 33.3 Å². The number of phosphoric ester groups is 1. The van der Waals surface area contributed by atoms with Gasteiger partial charge >= 0.3 is 7.82 Å². The topological polar surface area (TPSA) is 152 Å². The molecule has 0 bridgehead atoms. The number of aryl methyl sites for hydroxylation is 2. The first-order chi connectivity index (χ1) is 16.2. The lowest BCUT2D eigenvalue weighted by atomic mass is 10.1. The summed E-state index contributed by atoms with van der Waals surface area (Å²) in [5.41, 5.74) is 0.979. The van der Waals surface area contributed by atoms with E-state index >= 15 is 4.39 Å². The third-order valence-corrected chi connectivity index (χ3v) is 6.63. The summed E-state index contributed by atoms with van der Waals surface area (Å²) in [4.78, 5) is 14.0. The number of ether oxygens (including phenoxy) is 1. The highest BCUT2D eigenvalue weighted by molar-refractivity contribution is 7.71. The summed E-state index contributed by atoms with van der Waals surface area (Å²) < 4.78 is 65.9. The van der Waals surface area contributed by atoms with Gasteiger partial charge in [-0.05, 0) is 31.6 Å². The Morgan fingerprint density at radius 3 is 2.88 bits per heavy atom. The quantitative estimate of drug-likeness (QED) is 0.348. The smallest absolute Gasteiger partial charge is 0.403 e. The van der Waals surface area contributed by atoms with E-state index in [2.05, 4.69) is 4.98 Å². The van der Waals surface area contributed by atoms with E-state index in [1.54, 1.807) is 19.1 Å². The molecular weight excluding hydrogens is 482 g/mol. The van der Waals surface area contributed by atoms with E-state index in [0.717, 1.165) is 16.3 Å². The molecule has 5 atom stereocenters. The molecule has 1 saturated heterocycles. The van der Waals surface area contributed by atoms with Gasteiger partial charge in [-0.1, -0.05) is 17.7 Å². The molecule has 0 spiro atoms. The second-order valence-electron chi connectivity index (χ2n) is 7.64. The molecule has 2 aromatic rings. The number of nitrogens with one attached hydrogen (secondary N) is 1. The maximum atomic E-state index is 15.9. The van der Waals surface area contributed by atoms with E-state index in [1.165, 1.54) is 0 Å². The van der Waals surface area contributed by atoms with Crippen LogP contribution in [-0.4, -0.2) is 49.5 Å². The average molecular weight is 506 g/mol. The van der Waals surface area contributed by atoms with Gasteiger partial charge in [0.25, 0.3) is 11.4 Å². The first-order valence-corrected chi connectivity index (χ1v) is 11.5. The largest absolute Gasteiger partial charge is 0.530 e. The van der Waals surface area contributed by atoms with Crippen molar-refractivity contribution in [1.29, 1.82) is 0 Å². The molecule has 4 rings (SSSR count). The van der Waals surface area contributed by atoms with Gasteiger partial charge in [-0.25, -0.2) is 8.96 Å². The van der Waals surface area contributed by atoms with Gasteiger partial charge in [0.2, 0.25) is 0 Å². The van der Waals surface area contributed by atoms with E-state index in [0.29, 0.717) is 11.1 Å². The van der Waals surface area contributed by atoms with Gasteiger partial charge in [0.05, 0.1) is 21.5 Å². The lowest BCUT2D eigenvalue weighted by molar-refractivity contribution is -0.205. The zero-order valence-electron chi connectivity index (χ0n) is 19.4. The number of aromatic nitrogens is 2. The number of H-pyrrole nitrogens is 1. The van der Waals surface area contributed by atoms with Crippen LogP contribution >= 0.6 is 20.0 Å². The molecule has 11 nitrogen and oxygen atoms in total. The van der Waals surface area contributed by atoms with E-state index in [1.807, 2.05) is 6.92 Å². The summed E-state index contributed by atoms with van der Waals surface area (Å²) in [5, 5.41) is 30.1. The second-order valence-corrected chi connectivity index (χ2v) is 9.55. The van der Waals surface area contributed by atoms with Crippen molar-refractivity contribution in [2.24, 2.45) is 0 Å². The van der Waals surface area contributed by atoms with Gasteiger partial charge in [-0.3, -0.25) is 23.4 Å². The van der Waals surface area contributed by atoms with Gasteiger partial charge in [0, 0.05) is 11.8 Å². The summed E-state index contributed by atoms with van der Waals surface area (Å²) in [7, 11) is -4.77. The number of aromatic amines is 1. The number of aliphatic hydroxyl groups is 3. The van der Waals surface area contributed by atoms with Crippen LogP contribution < -0.4 is 10.1 Å². The Kier molecular flexibility index (Phi) is 5.67. The SMILES string of the molecule is [2H]C([2H])(OP1(=O)OCc2cc(C)cc(C)c2O1)[C@@]1(F)O[C@@H](n2cc(CO)c(=O)[nH]c2=S)[C@H](O)[C@@H]1O. The number of rotatable bonds is 5. The monoisotopic (exact) mass is 506 g/mol. The number of halogens is 1. The highest BCUT2D eigenvalue weighted by atomic mass is 32.1. The Bertz CT molecular complexity index is 1340. The molecule has 1 aromatic carbocycles. The van der Waals surface area contributed by atoms with Crippen molar-refractivity contribution >= 4 is 20.0 Å². The third kappa shape index (κ3) is 4.43. The first-order valence-electron chi connectivity index (χ1n) is 10.6. The predicted octanol–water partition coefficient (Wildman–Crippen LogP) is 1.67. The maximum absolute atomic E-state index is 15.9. The number of alkyl halides is 1. The molecule has 0 saturated carbocycles. The Morgan fingerprint density at radius 2 is 2.18 bits per heavy atom. The molecule has 1 aromatic heterocycles. The number of fused-ring (bicyclic) bond motifs is 1. The number of phosphoric acid groups is 1. The van der Waals surface area contributed by atoms with Crippen molar-refractivity contribution < 1.29 is 45.3 Å². The molecule has 1 unspecified atom stereocenters. The Hall–Kier alpha value is -1.96. The van der Waals surface area contributed by atoms with Crippen molar-refractivity contribution in [3.8, 4) is 5.75 Å². The van der Waals surface area contributed by atoms with E-state index < -0.39 is 50.8 Å². The molecular formula is C19H22FN2O9PS. The minimum atomic E-state index is -4.77. The molecule has 3 heterocycles. The van der Waals surface area contributed by atoms with Gasteiger partial charge in [0.15, 0.2) is 11.0 Å². The Balaban J connectivity index is 1.64. The molecule has 4 N–H and O–H groups in total. The number of nitrogens with zero attached hydrogens (tertiary/aromatic N) is 1. The van der Waals surface area contributed by atoms with Crippen LogP contribution in [-0.2, 0) is 31.6 Å². The standard InChI is InChI=1S/C19H22FN2O9PS/c1-9-3-10(2)14-11(4-9)7-28-32(27,31-14)29-8-19(20)15(25)13(24)17(30-19)22-5-12(6-23)16(26)21-18(22)33/h3-5,13,15,17,23-25H,6-8H2,1-2H3,(H,21,26,33)/t13-,15+,17-,19-,32?/m1/s1/i8D2. The highest BCUT2D eigenvalue weighted by Gasteiger charge is 2.57. The molecule has 2 aliphatic rings. The molecule has 0 aliphatic carbocycles. The normalized spacial score (nSPS) is 32.6. The molecule has 2 aliphatic heterocycles. The molecule has 33 heavy (non-hydrogen) atoms. The van der Waals surface area contributed by atoms with Crippen LogP contribution in [0, 0.1) is 18.6 Å². The molecule has 14 heteroatoms. The van der Waals surface area contributed by atoms with Crippen LogP contribution in [0.5, 0.6) is 5.75 Å². The van der Waals surface area contributed by atoms with Crippen LogP contribution in [0.1, 0.15) is 31.2 Å². The van der Waals surface area contributed by atoms with Crippen molar-refractivity contribution in [2.75, 3.05) is 6.56 Å². The average Bonchev–Trinajstić information content (AvgIpc) is 2.99. The lowest BCUT2D eigenvalue weighted by Gasteiger charge is -2.29. The van der Waals surface area contributed by atoms with E-state index in [-0.39, 0.29) is 22.7 Å². The van der Waals surface area contributed by atoms with Gasteiger partial charge < -0.3 is 24.6 Å². The molecule has 180 valence electrons. The minimum absolute atomic E-state index is 0.121. The fraction of sp³-hybridized carbons (Fsp3) is 0.474. The predicted molar refractivity (Wildman–Crippen MR) is 113 cm³/mol. The summed E-state index contributed by atoms with van der Waals surface area (Å²) in [6.07, 6.45) is -5.59. The summed E-state index contributed by atoms with van der Waals surface area (Å²) in [6.45, 7) is -1.22. The lowest BCUT2D eigenvalue weighted by Crippen LogP contribution is -2.43. The number of aliphatic hydroxyl groups excluding tert-OH is 3. The zero-order chi connectivity index (χ0) is 25.9. The maximum Gasteiger partial charge on any atom is 0.530 e. The second kappa shape index (κ2) is 8.67. The summed E-state index contributed by atoms with van der Waals surface area (Å²) in [5.74, 6) is -3.68. The zero-order valence-corrected chi connectivity index (χ0v) is 19.1. The highest BCUT2D eigenvalue weighted by Crippen LogP contribution is 2.56. The Labute approximate surface area is 194 Å². The fourth-order valence-electron chi connectivity index (χ4n) is 3.56. The summed E-state index contributed by atoms with van der Waals surface area (Å²) in [6, 6.07) is 3.43. The number of hydrogen-bond acceptors (Lipinski definition) is 10. The Morgan fingerprint density at radius 1 is 1.45 bits per heavy atom. The minimum Gasteiger partial charge on any atom is -0.403 e. The molecule has 0 amide bonds. The van der Waals surface area contributed by atoms with Crippen molar-refractivity contribution in [2.45, 2.75) is 51.4 Å². The van der Waals surface area contributed by atoms with Crippen molar-refractivity contribution in [3.63, 3.8) is 0 Å². The first kappa shape index (κ1) is 21.6. The van der Waals surface area contributed by atoms with Crippen LogP contribution in [0.2, 0.25) is 0 Å². The van der Waals surface area contributed by atoms with E-state index in [9.17, 15) is 24.7 Å². The third-order valence-electron chi connectivity index (χ3n) is 5.15. The van der Waals surface area contributed by atoms with Crippen LogP contribution in [0.15, 0.2) is 23.1 Å². The van der Waals surface area contributed by atoms with Crippen molar-refractivity contribution in [3.05, 3.63) is 55.7 Å². The van der Waals surface area contributed by atoms with Crippen LogP contribution in [0.3, 0.4) is 0 Å². The molecule has 1 fully saturated rings. The molecule has 0 radical (unpaired) electrons. The van der Waals surface area contributed by atoms with Crippen molar-refractivity contribution in [1.82, 2.24) is 9.55 Å². The number of benzene rings is 1.